The van der Waals surface area contributed by atoms with Crippen molar-refractivity contribution < 1.29 is 9.53 Å². The number of carbonyl (C=O) groups excluding carboxylic acids is 1. The summed E-state index contributed by atoms with van der Waals surface area (Å²) in [4.78, 5) is 25.5. The van der Waals surface area contributed by atoms with E-state index in [0.717, 1.165) is 88.9 Å². The maximum Gasteiger partial charge on any atom is 0.247 e. The first kappa shape index (κ1) is 19.5. The van der Waals surface area contributed by atoms with Crippen molar-refractivity contribution >= 4 is 11.6 Å². The van der Waals surface area contributed by atoms with Gasteiger partial charge in [0.15, 0.2) is 0 Å². The van der Waals surface area contributed by atoms with E-state index in [1.807, 2.05) is 24.1 Å². The van der Waals surface area contributed by atoms with Crippen LogP contribution >= 0.6 is 0 Å². The lowest BCUT2D eigenvalue weighted by atomic mass is 9.81. The Balaban J connectivity index is 1.36. The van der Waals surface area contributed by atoms with E-state index in [-0.39, 0.29) is 5.54 Å². The highest BCUT2D eigenvalue weighted by atomic mass is 16.5. The monoisotopic (exact) mass is 398 g/mol. The lowest BCUT2D eigenvalue weighted by Gasteiger charge is -2.54. The molecule has 0 radical (unpaired) electrons. The van der Waals surface area contributed by atoms with Crippen molar-refractivity contribution in [1.29, 1.82) is 0 Å². The highest BCUT2D eigenvalue weighted by Crippen LogP contribution is 2.40. The number of anilines is 1. The van der Waals surface area contributed by atoms with Gasteiger partial charge in [0.2, 0.25) is 5.91 Å². The normalized spacial score (nSPS) is 26.9. The lowest BCUT2D eigenvalue weighted by Crippen LogP contribution is -2.69. The van der Waals surface area contributed by atoms with Crippen LogP contribution in [0.25, 0.3) is 0 Å². The van der Waals surface area contributed by atoms with E-state index in [0.29, 0.717) is 11.9 Å². The third-order valence-electron chi connectivity index (χ3n) is 7.56. The molecular formula is C23H34N4O2. The molecule has 0 unspecified atom stereocenters. The number of likely N-dealkylation sites (tertiary alicyclic amines) is 1. The Bertz CT molecular complexity index is 719. The molecule has 0 aromatic carbocycles. The Hall–Kier alpha value is -1.50. The number of piperidine rings is 1. The average Bonchev–Trinajstić information content (AvgIpc) is 3.58. The predicted molar refractivity (Wildman–Crippen MR) is 113 cm³/mol. The maximum absolute atomic E-state index is 13.9. The van der Waals surface area contributed by atoms with E-state index in [1.165, 1.54) is 12.8 Å². The van der Waals surface area contributed by atoms with Crippen LogP contribution in [-0.2, 0) is 9.53 Å². The number of nitrogens with zero attached hydrogens (tertiary/aromatic N) is 4. The van der Waals surface area contributed by atoms with Crippen LogP contribution in [0.15, 0.2) is 18.3 Å². The Kier molecular flexibility index (Phi) is 5.35. The Labute approximate surface area is 174 Å². The number of hydrogen-bond acceptors (Lipinski definition) is 5. The number of rotatable bonds is 4. The first-order chi connectivity index (χ1) is 14.2. The van der Waals surface area contributed by atoms with Crippen LogP contribution in [0.3, 0.4) is 0 Å². The van der Waals surface area contributed by atoms with Gasteiger partial charge in [0, 0.05) is 57.7 Å². The predicted octanol–water partition coefficient (Wildman–Crippen LogP) is 2.46. The summed E-state index contributed by atoms with van der Waals surface area (Å²) in [6.45, 7) is 8.67. The number of aryl methyl sites for hydroxylation is 1. The number of carbonyl (C=O) groups is 1. The van der Waals surface area contributed by atoms with Crippen molar-refractivity contribution in [2.24, 2.45) is 5.92 Å². The molecule has 0 N–H and O–H groups in total. The van der Waals surface area contributed by atoms with Crippen molar-refractivity contribution in [1.82, 2.24) is 14.8 Å². The summed E-state index contributed by atoms with van der Waals surface area (Å²) in [5.41, 5.74) is 1.62. The molecular weight excluding hydrogens is 364 g/mol. The van der Waals surface area contributed by atoms with Gasteiger partial charge >= 0.3 is 0 Å². The molecule has 6 nitrogen and oxygen atoms in total. The van der Waals surface area contributed by atoms with E-state index >= 15 is 0 Å². The van der Waals surface area contributed by atoms with Gasteiger partial charge in [-0.05, 0) is 63.5 Å². The zero-order chi connectivity index (χ0) is 19.8. The summed E-state index contributed by atoms with van der Waals surface area (Å²) in [6.07, 6.45) is 8.70. The highest BCUT2D eigenvalue weighted by Gasteiger charge is 2.52. The van der Waals surface area contributed by atoms with Crippen LogP contribution in [0.4, 0.5) is 5.69 Å². The lowest BCUT2D eigenvalue weighted by molar-refractivity contribution is -0.139. The standard InChI is InChI=1S/C23H34N4O2/c1-18-2-5-21(16-24-18)27-13-12-26(17-19-3-4-19)23(22(27)28)8-10-25(11-9-23)20-6-14-29-15-7-20/h2,5,16,19-20H,3-4,6-15,17H2,1H3. The molecule has 158 valence electrons. The molecule has 1 aromatic rings. The molecule has 4 fully saturated rings. The van der Waals surface area contributed by atoms with Crippen LogP contribution in [0.5, 0.6) is 0 Å². The summed E-state index contributed by atoms with van der Waals surface area (Å²) in [6, 6.07) is 4.70. The first-order valence-corrected chi connectivity index (χ1v) is 11.5. The van der Waals surface area contributed by atoms with E-state index in [1.54, 1.807) is 0 Å². The second-order valence-corrected chi connectivity index (χ2v) is 9.42. The molecule has 0 bridgehead atoms. The van der Waals surface area contributed by atoms with Gasteiger partial charge in [-0.1, -0.05) is 0 Å². The largest absolute Gasteiger partial charge is 0.381 e. The fraction of sp³-hybridized carbons (Fsp3) is 0.739. The zero-order valence-electron chi connectivity index (χ0n) is 17.7. The van der Waals surface area contributed by atoms with Gasteiger partial charge in [0.25, 0.3) is 0 Å². The summed E-state index contributed by atoms with van der Waals surface area (Å²) in [5.74, 6) is 1.11. The van der Waals surface area contributed by atoms with Gasteiger partial charge in [-0.2, -0.15) is 0 Å². The molecule has 3 saturated heterocycles. The van der Waals surface area contributed by atoms with Gasteiger partial charge in [0.05, 0.1) is 11.9 Å². The smallest absolute Gasteiger partial charge is 0.247 e. The van der Waals surface area contributed by atoms with Crippen molar-refractivity contribution in [2.75, 3.05) is 50.8 Å². The van der Waals surface area contributed by atoms with E-state index in [4.69, 9.17) is 4.74 Å². The van der Waals surface area contributed by atoms with Gasteiger partial charge in [-0.3, -0.25) is 14.7 Å². The van der Waals surface area contributed by atoms with Crippen molar-refractivity contribution in [2.45, 2.75) is 57.0 Å². The van der Waals surface area contributed by atoms with E-state index in [9.17, 15) is 4.79 Å². The van der Waals surface area contributed by atoms with E-state index < -0.39 is 0 Å². The summed E-state index contributed by atoms with van der Waals surface area (Å²) >= 11 is 0. The fourth-order valence-corrected chi connectivity index (χ4v) is 5.51. The SMILES string of the molecule is Cc1ccc(N2CCN(CC3CC3)C3(CCN(C4CCOCC4)CC3)C2=O)cn1. The quantitative estimate of drug-likeness (QED) is 0.780. The molecule has 1 saturated carbocycles. The molecule has 5 rings (SSSR count). The summed E-state index contributed by atoms with van der Waals surface area (Å²) < 4.78 is 5.55. The minimum atomic E-state index is -0.326. The van der Waals surface area contributed by atoms with Crippen LogP contribution < -0.4 is 4.90 Å². The van der Waals surface area contributed by atoms with Crippen LogP contribution in [0.2, 0.25) is 0 Å². The van der Waals surface area contributed by atoms with E-state index in [2.05, 4.69) is 20.9 Å². The van der Waals surface area contributed by atoms with Crippen LogP contribution in [0.1, 0.15) is 44.2 Å². The molecule has 3 aliphatic heterocycles. The minimum absolute atomic E-state index is 0.307. The molecule has 1 spiro atoms. The van der Waals surface area contributed by atoms with Crippen LogP contribution in [0, 0.1) is 12.8 Å². The third-order valence-corrected chi connectivity index (χ3v) is 7.56. The number of hydrogen-bond donors (Lipinski definition) is 0. The second kappa shape index (κ2) is 7.97. The number of aromatic nitrogens is 1. The van der Waals surface area contributed by atoms with Gasteiger partial charge in [0.1, 0.15) is 5.54 Å². The highest BCUT2D eigenvalue weighted by molar-refractivity contribution is 6.01. The van der Waals surface area contributed by atoms with Gasteiger partial charge in [-0.15, -0.1) is 0 Å². The summed E-state index contributed by atoms with van der Waals surface area (Å²) in [5, 5.41) is 0. The molecule has 1 amide bonds. The van der Waals surface area contributed by atoms with Crippen molar-refractivity contribution in [3.8, 4) is 0 Å². The number of pyridine rings is 1. The topological polar surface area (TPSA) is 48.9 Å². The second-order valence-electron chi connectivity index (χ2n) is 9.42. The molecule has 4 aliphatic rings. The Morgan fingerprint density at radius 3 is 2.48 bits per heavy atom. The zero-order valence-corrected chi connectivity index (χ0v) is 17.7. The van der Waals surface area contributed by atoms with Crippen molar-refractivity contribution in [3.63, 3.8) is 0 Å². The molecule has 1 aromatic heterocycles. The van der Waals surface area contributed by atoms with Gasteiger partial charge < -0.3 is 14.5 Å². The van der Waals surface area contributed by atoms with Crippen molar-refractivity contribution in [3.05, 3.63) is 24.0 Å². The minimum Gasteiger partial charge on any atom is -0.381 e. The number of ether oxygens (including phenoxy) is 1. The Morgan fingerprint density at radius 1 is 1.07 bits per heavy atom. The Morgan fingerprint density at radius 2 is 1.83 bits per heavy atom. The number of piperazine rings is 1. The molecule has 0 atom stereocenters. The summed E-state index contributed by atoms with van der Waals surface area (Å²) in [7, 11) is 0. The average molecular weight is 399 g/mol. The maximum atomic E-state index is 13.9. The molecule has 4 heterocycles. The number of amides is 1. The first-order valence-electron chi connectivity index (χ1n) is 11.5. The van der Waals surface area contributed by atoms with Crippen LogP contribution in [-0.4, -0.2) is 78.2 Å². The van der Waals surface area contributed by atoms with Gasteiger partial charge in [-0.25, -0.2) is 0 Å². The third kappa shape index (κ3) is 3.82. The fourth-order valence-electron chi connectivity index (χ4n) is 5.51. The molecule has 29 heavy (non-hydrogen) atoms. The molecule has 1 aliphatic carbocycles. The molecule has 6 heteroatoms.